The molecular weight excluding hydrogens is 490 g/mol. The Morgan fingerprint density at radius 2 is 1.61 bits per heavy atom. The fourth-order valence-corrected chi connectivity index (χ4v) is 3.64. The maximum absolute atomic E-state index is 12.8. The van der Waals surface area contributed by atoms with Crippen LogP contribution in [0, 0.1) is 0 Å². The van der Waals surface area contributed by atoms with Crippen LogP contribution >= 0.6 is 0 Å². The highest BCUT2D eigenvalue weighted by molar-refractivity contribution is 5.78. The Kier molecular flexibility index (Phi) is 8.55. The number of rotatable bonds is 11. The lowest BCUT2D eigenvalue weighted by atomic mass is 10.1. The number of carboxylic acids is 1. The van der Waals surface area contributed by atoms with Gasteiger partial charge in [-0.2, -0.15) is 4.98 Å². The number of benzene rings is 3. The van der Waals surface area contributed by atoms with E-state index >= 15 is 0 Å². The molecule has 4 aromatic rings. The molecule has 38 heavy (non-hydrogen) atoms. The maximum atomic E-state index is 12.8. The summed E-state index contributed by atoms with van der Waals surface area (Å²) in [7, 11) is 1.53. The number of carbonyl (C=O) groups is 2. The number of nitrogens with zero attached hydrogens (tertiary/aromatic N) is 3. The zero-order chi connectivity index (χ0) is 26.9. The number of hydrogen-bond acceptors (Lipinski definition) is 8. The molecule has 0 aliphatic heterocycles. The molecule has 3 aromatic carbocycles. The SMILES string of the molecule is COc1ccc(OC(=O)N(CC(=O)O)[C@@H](C)c2ccc(OCCc3noc(-c4ccccc4)n3)cc2)cc1. The lowest BCUT2D eigenvalue weighted by Gasteiger charge is -2.27. The molecular formula is C28H27N3O7. The molecule has 4 rings (SSSR count). The van der Waals surface area contributed by atoms with Crippen molar-refractivity contribution in [2.24, 2.45) is 0 Å². The summed E-state index contributed by atoms with van der Waals surface area (Å²) in [6, 6.07) is 22.4. The molecule has 1 amide bonds. The van der Waals surface area contributed by atoms with Crippen molar-refractivity contribution >= 4 is 12.1 Å². The number of ether oxygens (including phenoxy) is 3. The van der Waals surface area contributed by atoms with E-state index in [-0.39, 0.29) is 5.75 Å². The summed E-state index contributed by atoms with van der Waals surface area (Å²) >= 11 is 0. The largest absolute Gasteiger partial charge is 0.497 e. The molecule has 10 heteroatoms. The zero-order valence-electron chi connectivity index (χ0n) is 20.9. The molecule has 1 N–H and O–H groups in total. The van der Waals surface area contributed by atoms with E-state index in [4.69, 9.17) is 18.7 Å². The third-order valence-corrected chi connectivity index (χ3v) is 5.72. The van der Waals surface area contributed by atoms with Gasteiger partial charge in [0.05, 0.1) is 19.8 Å². The number of hydrogen-bond donors (Lipinski definition) is 1. The first kappa shape index (κ1) is 26.2. The molecule has 0 saturated carbocycles. The second-order valence-electron chi connectivity index (χ2n) is 8.29. The molecule has 1 aromatic heterocycles. The second-order valence-corrected chi connectivity index (χ2v) is 8.29. The van der Waals surface area contributed by atoms with Crippen LogP contribution in [0.3, 0.4) is 0 Å². The first-order valence-corrected chi connectivity index (χ1v) is 11.9. The van der Waals surface area contributed by atoms with Crippen LogP contribution in [0.15, 0.2) is 83.4 Å². The smallest absolute Gasteiger partial charge is 0.416 e. The van der Waals surface area contributed by atoms with Crippen LogP contribution in [-0.4, -0.2) is 52.5 Å². The summed E-state index contributed by atoms with van der Waals surface area (Å²) in [5.41, 5.74) is 1.57. The maximum Gasteiger partial charge on any atom is 0.416 e. The average Bonchev–Trinajstić information content (AvgIpc) is 3.41. The molecule has 0 aliphatic carbocycles. The van der Waals surface area contributed by atoms with Crippen molar-refractivity contribution in [1.29, 1.82) is 0 Å². The number of aromatic nitrogens is 2. The number of methoxy groups -OCH3 is 1. The van der Waals surface area contributed by atoms with E-state index in [2.05, 4.69) is 10.1 Å². The predicted octanol–water partition coefficient (Wildman–Crippen LogP) is 5.01. The Bertz CT molecular complexity index is 1340. The van der Waals surface area contributed by atoms with E-state index in [1.165, 1.54) is 7.11 Å². The van der Waals surface area contributed by atoms with Crippen molar-refractivity contribution < 1.29 is 33.4 Å². The van der Waals surface area contributed by atoms with Crippen LogP contribution in [-0.2, 0) is 11.2 Å². The van der Waals surface area contributed by atoms with Crippen LogP contribution < -0.4 is 14.2 Å². The van der Waals surface area contributed by atoms with Gasteiger partial charge in [0.25, 0.3) is 5.89 Å². The lowest BCUT2D eigenvalue weighted by Crippen LogP contribution is -2.39. The molecule has 0 spiro atoms. The Morgan fingerprint density at radius 1 is 0.947 bits per heavy atom. The lowest BCUT2D eigenvalue weighted by molar-refractivity contribution is -0.138. The summed E-state index contributed by atoms with van der Waals surface area (Å²) in [5, 5.41) is 13.4. The molecule has 1 heterocycles. The fraction of sp³-hybridized carbons (Fsp3) is 0.214. The standard InChI is InChI=1S/C28H27N3O7/c1-19(31(18-26(32)33)28(34)37-24-14-12-22(35-2)13-15-24)20-8-10-23(11-9-20)36-17-16-25-29-27(38-30-25)21-6-4-3-5-7-21/h3-15,19H,16-18H2,1-2H3,(H,32,33)/t19-/m0/s1. The monoisotopic (exact) mass is 517 g/mol. The van der Waals surface area contributed by atoms with Crippen LogP contribution in [0.1, 0.15) is 24.4 Å². The molecule has 196 valence electrons. The minimum absolute atomic E-state index is 0.277. The minimum atomic E-state index is -1.15. The van der Waals surface area contributed by atoms with Crippen LogP contribution in [0.25, 0.3) is 11.5 Å². The molecule has 1 atom stereocenters. The third kappa shape index (κ3) is 6.88. The number of carboxylic acid groups (broad SMARTS) is 1. The molecule has 0 saturated heterocycles. The van der Waals surface area contributed by atoms with Crippen LogP contribution in [0.5, 0.6) is 17.2 Å². The highest BCUT2D eigenvalue weighted by atomic mass is 16.6. The molecule has 0 fully saturated rings. The van der Waals surface area contributed by atoms with Gasteiger partial charge in [-0.1, -0.05) is 35.5 Å². The predicted molar refractivity (Wildman–Crippen MR) is 137 cm³/mol. The van der Waals surface area contributed by atoms with E-state index in [9.17, 15) is 14.7 Å². The van der Waals surface area contributed by atoms with E-state index in [1.807, 2.05) is 30.3 Å². The van der Waals surface area contributed by atoms with Crippen LogP contribution in [0.4, 0.5) is 4.79 Å². The van der Waals surface area contributed by atoms with Gasteiger partial charge in [-0.3, -0.25) is 9.69 Å². The minimum Gasteiger partial charge on any atom is -0.497 e. The Morgan fingerprint density at radius 3 is 2.26 bits per heavy atom. The third-order valence-electron chi connectivity index (χ3n) is 5.72. The van der Waals surface area contributed by atoms with Crippen molar-refractivity contribution in [1.82, 2.24) is 15.0 Å². The van der Waals surface area contributed by atoms with Gasteiger partial charge in [-0.25, -0.2) is 4.79 Å². The summed E-state index contributed by atoms with van der Waals surface area (Å²) in [6.45, 7) is 1.54. The summed E-state index contributed by atoms with van der Waals surface area (Å²) in [5.74, 6) is 1.33. The zero-order valence-corrected chi connectivity index (χ0v) is 20.9. The highest BCUT2D eigenvalue weighted by Crippen LogP contribution is 2.25. The molecule has 10 nitrogen and oxygen atoms in total. The molecule has 0 bridgehead atoms. The van der Waals surface area contributed by atoms with Gasteiger partial charge in [0.2, 0.25) is 0 Å². The van der Waals surface area contributed by atoms with Gasteiger partial charge in [-0.05, 0) is 61.0 Å². The van der Waals surface area contributed by atoms with Gasteiger partial charge < -0.3 is 23.8 Å². The van der Waals surface area contributed by atoms with Crippen molar-refractivity contribution in [2.75, 3.05) is 20.3 Å². The van der Waals surface area contributed by atoms with Crippen molar-refractivity contribution in [2.45, 2.75) is 19.4 Å². The topological polar surface area (TPSA) is 124 Å². The Hall–Kier alpha value is -4.86. The highest BCUT2D eigenvalue weighted by Gasteiger charge is 2.26. The number of amides is 1. The van der Waals surface area contributed by atoms with Crippen molar-refractivity contribution in [3.8, 4) is 28.7 Å². The van der Waals surface area contributed by atoms with Crippen LogP contribution in [0.2, 0.25) is 0 Å². The summed E-state index contributed by atoms with van der Waals surface area (Å²) in [6.07, 6.45) is -0.321. The average molecular weight is 518 g/mol. The van der Waals surface area contributed by atoms with Gasteiger partial charge in [-0.15, -0.1) is 0 Å². The second kappa shape index (κ2) is 12.4. The summed E-state index contributed by atoms with van der Waals surface area (Å²) < 4.78 is 21.6. The van der Waals surface area contributed by atoms with Gasteiger partial charge in [0.1, 0.15) is 23.8 Å². The number of aliphatic carboxylic acids is 1. The molecule has 0 radical (unpaired) electrons. The Balaban J connectivity index is 1.34. The Labute approximate surface area is 219 Å². The van der Waals surface area contributed by atoms with Gasteiger partial charge >= 0.3 is 12.1 Å². The van der Waals surface area contributed by atoms with Gasteiger partial charge in [0.15, 0.2) is 5.82 Å². The summed E-state index contributed by atoms with van der Waals surface area (Å²) in [4.78, 5) is 29.8. The van der Waals surface area contributed by atoms with E-state index in [0.717, 1.165) is 16.0 Å². The quantitative estimate of drug-likeness (QED) is 0.292. The van der Waals surface area contributed by atoms with E-state index in [0.29, 0.717) is 36.2 Å². The normalized spacial score (nSPS) is 11.4. The first-order valence-electron chi connectivity index (χ1n) is 11.9. The van der Waals surface area contributed by atoms with Crippen molar-refractivity contribution in [3.05, 3.63) is 90.3 Å². The van der Waals surface area contributed by atoms with Crippen molar-refractivity contribution in [3.63, 3.8) is 0 Å². The number of carbonyl (C=O) groups excluding carboxylic acids is 1. The molecule has 0 unspecified atom stereocenters. The molecule has 0 aliphatic rings. The first-order chi connectivity index (χ1) is 18.4. The fourth-order valence-electron chi connectivity index (χ4n) is 3.64. The van der Waals surface area contributed by atoms with Gasteiger partial charge in [0, 0.05) is 12.0 Å². The van der Waals surface area contributed by atoms with E-state index in [1.54, 1.807) is 55.5 Å². The van der Waals surface area contributed by atoms with E-state index < -0.39 is 24.6 Å².